The first kappa shape index (κ1) is 86.8. The van der Waals surface area contributed by atoms with Crippen LogP contribution in [0.3, 0.4) is 0 Å². The molecule has 2 rings (SSSR count). The minimum Gasteiger partial charge on any atom is -0.394 e. The Labute approximate surface area is 565 Å². The molecule has 9 N–H and O–H groups in total. The van der Waals surface area contributed by atoms with E-state index in [4.69, 9.17) is 18.9 Å². The quantitative estimate of drug-likeness (QED) is 0.0204. The van der Waals surface area contributed by atoms with Gasteiger partial charge in [0.05, 0.1) is 32.0 Å². The van der Waals surface area contributed by atoms with Gasteiger partial charge in [-0.3, -0.25) is 4.79 Å². The third-order valence-corrected chi connectivity index (χ3v) is 20.0. The number of unbranched alkanes of at least 4 members (excludes halogenated alkanes) is 55. The lowest BCUT2D eigenvalue weighted by Crippen LogP contribution is -2.65. The number of nitrogens with one attached hydrogen (secondary N) is 1. The maximum atomic E-state index is 13.4. The van der Waals surface area contributed by atoms with Crippen LogP contribution in [-0.4, -0.2) is 140 Å². The van der Waals surface area contributed by atoms with E-state index >= 15 is 0 Å². The van der Waals surface area contributed by atoms with E-state index in [1.54, 1.807) is 6.08 Å². The highest BCUT2D eigenvalue weighted by atomic mass is 16.7. The van der Waals surface area contributed by atoms with Crippen LogP contribution in [0, 0.1) is 0 Å². The molecular weight excluding hydrogens is 1160 g/mol. The highest BCUT2D eigenvalue weighted by molar-refractivity contribution is 5.76. The van der Waals surface area contributed by atoms with Crippen molar-refractivity contribution in [1.82, 2.24) is 5.32 Å². The molecule has 92 heavy (non-hydrogen) atoms. The summed E-state index contributed by atoms with van der Waals surface area (Å²) in [6, 6.07) is -0.911. The van der Waals surface area contributed by atoms with Gasteiger partial charge < -0.3 is 65.1 Å². The highest BCUT2D eigenvalue weighted by Gasteiger charge is 2.51. The zero-order valence-corrected chi connectivity index (χ0v) is 59.8. The Kier molecular flexibility index (Phi) is 59.6. The van der Waals surface area contributed by atoms with Gasteiger partial charge in [-0.2, -0.15) is 0 Å². The van der Waals surface area contributed by atoms with E-state index in [1.807, 2.05) is 6.08 Å². The molecule has 12 unspecified atom stereocenters. The summed E-state index contributed by atoms with van der Waals surface area (Å²) in [4.78, 5) is 13.4. The lowest BCUT2D eigenvalue weighted by atomic mass is 9.97. The molecule has 0 aliphatic carbocycles. The van der Waals surface area contributed by atoms with Gasteiger partial charge in [-0.1, -0.05) is 373 Å². The largest absolute Gasteiger partial charge is 0.394 e. The second-order valence-corrected chi connectivity index (χ2v) is 28.6. The molecule has 0 bridgehead atoms. The van der Waals surface area contributed by atoms with Gasteiger partial charge in [-0.25, -0.2) is 0 Å². The number of aliphatic hydroxyl groups excluding tert-OH is 8. The Balaban J connectivity index is 1.54. The summed E-state index contributed by atoms with van der Waals surface area (Å²) < 4.78 is 22.9. The summed E-state index contributed by atoms with van der Waals surface area (Å²) in [6.45, 7) is 2.86. The molecule has 2 saturated heterocycles. The number of hydrogen-bond donors (Lipinski definition) is 9. The van der Waals surface area contributed by atoms with Crippen molar-refractivity contribution in [3.05, 3.63) is 12.2 Å². The number of carbonyl (C=O) groups is 1. The second kappa shape index (κ2) is 63.2. The number of ether oxygens (including phenoxy) is 4. The fourth-order valence-corrected chi connectivity index (χ4v) is 13.7. The fraction of sp³-hybridized carbons (Fsp3) is 0.962. The van der Waals surface area contributed by atoms with Gasteiger partial charge in [0.1, 0.15) is 48.8 Å². The molecule has 2 aliphatic heterocycles. The van der Waals surface area contributed by atoms with E-state index < -0.39 is 86.8 Å². The monoisotopic (exact) mass is 1310 g/mol. The summed E-state index contributed by atoms with van der Waals surface area (Å²) in [5, 5.41) is 87.5. The van der Waals surface area contributed by atoms with Crippen molar-refractivity contribution in [3.63, 3.8) is 0 Å². The van der Waals surface area contributed by atoms with E-state index in [1.165, 1.54) is 321 Å². The molecule has 0 radical (unpaired) electrons. The van der Waals surface area contributed by atoms with Crippen molar-refractivity contribution in [2.75, 3.05) is 19.8 Å². The lowest BCUT2D eigenvalue weighted by molar-refractivity contribution is -0.359. The molecular formula is C78H151NO13. The zero-order chi connectivity index (χ0) is 66.6. The highest BCUT2D eigenvalue weighted by Crippen LogP contribution is 2.30. The van der Waals surface area contributed by atoms with Crippen molar-refractivity contribution in [3.8, 4) is 0 Å². The first-order chi connectivity index (χ1) is 45.1. The number of amides is 1. The number of carbonyl (C=O) groups excluding carboxylic acids is 1. The molecule has 12 atom stereocenters. The van der Waals surface area contributed by atoms with Crippen LogP contribution in [0.5, 0.6) is 0 Å². The predicted octanol–water partition coefficient (Wildman–Crippen LogP) is 17.7. The first-order valence-electron chi connectivity index (χ1n) is 39.9. The SMILES string of the molecule is CCCCCCCCCCCCCCCCCC/C=C/C(O)C(COC1OC(CO)C(OC2OC(CO)C(O)C(O)C2O)C(O)C1O)NC(=O)CCCCCCCCCCCCCCCCCCCCCCCCCCCCCCCCCCCCCCCCCC. The van der Waals surface area contributed by atoms with Crippen LogP contribution in [0.1, 0.15) is 386 Å². The van der Waals surface area contributed by atoms with Crippen LogP contribution in [0.4, 0.5) is 0 Å². The van der Waals surface area contributed by atoms with Gasteiger partial charge in [-0.05, 0) is 19.3 Å². The van der Waals surface area contributed by atoms with Crippen LogP contribution in [0.15, 0.2) is 12.2 Å². The fourth-order valence-electron chi connectivity index (χ4n) is 13.7. The molecule has 0 spiro atoms. The molecule has 14 nitrogen and oxygen atoms in total. The molecule has 1 amide bonds. The van der Waals surface area contributed by atoms with E-state index in [2.05, 4.69) is 19.2 Å². The molecule has 0 aromatic carbocycles. The van der Waals surface area contributed by atoms with Crippen LogP contribution in [0.2, 0.25) is 0 Å². The molecule has 14 heteroatoms. The first-order valence-corrected chi connectivity index (χ1v) is 39.9. The normalized spacial score (nSPS) is 22.6. The third-order valence-electron chi connectivity index (χ3n) is 20.0. The summed E-state index contributed by atoms with van der Waals surface area (Å²) in [7, 11) is 0. The Morgan fingerprint density at radius 2 is 0.674 bits per heavy atom. The van der Waals surface area contributed by atoms with Gasteiger partial charge in [-0.15, -0.1) is 0 Å². The van der Waals surface area contributed by atoms with Gasteiger partial charge in [0.15, 0.2) is 12.6 Å². The molecule has 0 saturated carbocycles. The zero-order valence-electron chi connectivity index (χ0n) is 59.8. The minimum absolute atomic E-state index is 0.230. The predicted molar refractivity (Wildman–Crippen MR) is 379 cm³/mol. The Morgan fingerprint density at radius 1 is 0.380 bits per heavy atom. The molecule has 0 aromatic heterocycles. The van der Waals surface area contributed by atoms with Gasteiger partial charge in [0.2, 0.25) is 5.91 Å². The van der Waals surface area contributed by atoms with Crippen molar-refractivity contribution in [2.24, 2.45) is 0 Å². The van der Waals surface area contributed by atoms with Gasteiger partial charge in [0, 0.05) is 6.42 Å². The van der Waals surface area contributed by atoms with Crippen LogP contribution >= 0.6 is 0 Å². The smallest absolute Gasteiger partial charge is 0.220 e. The van der Waals surface area contributed by atoms with Crippen molar-refractivity contribution < 1.29 is 64.6 Å². The molecule has 2 heterocycles. The van der Waals surface area contributed by atoms with Gasteiger partial charge in [0.25, 0.3) is 0 Å². The van der Waals surface area contributed by atoms with Gasteiger partial charge >= 0.3 is 0 Å². The van der Waals surface area contributed by atoms with E-state index in [0.29, 0.717) is 0 Å². The topological polar surface area (TPSA) is 228 Å². The standard InChI is InChI=1S/C78H151NO13/c1-3-5-7-9-11-13-15-17-19-21-23-24-25-26-27-28-29-30-31-32-33-34-35-36-37-38-39-40-41-42-43-44-46-48-50-52-54-56-58-60-62-70(83)79-66(67(82)61-59-57-55-53-51-49-47-45-22-20-18-16-14-12-10-8-6-4-2)65-89-77-75(88)73(86)76(69(64-81)91-77)92-78-74(87)72(85)71(84)68(63-80)90-78/h59,61,66-69,71-78,80-82,84-88H,3-58,60,62-65H2,1-2H3,(H,79,83)/b61-59+. The number of allylic oxidation sites excluding steroid dienone is 1. The van der Waals surface area contributed by atoms with Crippen LogP contribution in [0.25, 0.3) is 0 Å². The molecule has 0 aromatic rings. The Morgan fingerprint density at radius 3 is 1.00 bits per heavy atom. The average molecular weight is 1310 g/mol. The second-order valence-electron chi connectivity index (χ2n) is 28.6. The van der Waals surface area contributed by atoms with Crippen molar-refractivity contribution >= 4 is 5.91 Å². The van der Waals surface area contributed by atoms with Crippen LogP contribution in [-0.2, 0) is 23.7 Å². The Hall–Kier alpha value is -1.27. The average Bonchev–Trinajstić information content (AvgIpc) is 0.850. The van der Waals surface area contributed by atoms with Crippen molar-refractivity contribution in [1.29, 1.82) is 0 Å². The Bertz CT molecular complexity index is 1590. The summed E-state index contributed by atoms with van der Waals surface area (Å²) in [6.07, 6.45) is 63.2. The maximum Gasteiger partial charge on any atom is 0.220 e. The third kappa shape index (κ3) is 46.1. The van der Waals surface area contributed by atoms with E-state index in [9.17, 15) is 45.6 Å². The van der Waals surface area contributed by atoms with Crippen LogP contribution < -0.4 is 5.32 Å². The summed E-state index contributed by atoms with van der Waals surface area (Å²) in [5.74, 6) is -0.230. The number of hydrogen-bond acceptors (Lipinski definition) is 13. The molecule has 2 aliphatic rings. The summed E-state index contributed by atoms with van der Waals surface area (Å²) >= 11 is 0. The summed E-state index contributed by atoms with van der Waals surface area (Å²) in [5.41, 5.74) is 0. The number of aliphatic hydroxyl groups is 8. The molecule has 546 valence electrons. The van der Waals surface area contributed by atoms with E-state index in [-0.39, 0.29) is 18.9 Å². The number of rotatable bonds is 68. The van der Waals surface area contributed by atoms with E-state index in [0.717, 1.165) is 44.9 Å². The lowest BCUT2D eigenvalue weighted by Gasteiger charge is -2.46. The molecule has 2 fully saturated rings. The minimum atomic E-state index is -1.79. The van der Waals surface area contributed by atoms with Crippen molar-refractivity contribution in [2.45, 2.75) is 460 Å². The maximum absolute atomic E-state index is 13.4.